The third-order valence-corrected chi connectivity index (χ3v) is 7.18. The summed E-state index contributed by atoms with van der Waals surface area (Å²) in [5.74, 6) is 0.498. The molecule has 0 aliphatic carbocycles. The van der Waals surface area contributed by atoms with Crippen LogP contribution >= 0.6 is 27.7 Å². The summed E-state index contributed by atoms with van der Waals surface area (Å²) in [5.41, 5.74) is 0. The van der Waals surface area contributed by atoms with Gasteiger partial charge in [0, 0.05) is 28.5 Å². The lowest BCUT2D eigenvalue weighted by Gasteiger charge is -2.31. The number of carbonyl (C=O) groups excluding carboxylic acids is 1. The Morgan fingerprint density at radius 2 is 1.91 bits per heavy atom. The van der Waals surface area contributed by atoms with Crippen molar-refractivity contribution in [1.29, 1.82) is 0 Å². The van der Waals surface area contributed by atoms with Crippen LogP contribution in [0.3, 0.4) is 0 Å². The number of carbonyl (C=O) groups is 1. The molecule has 0 aromatic heterocycles. The fourth-order valence-electron chi connectivity index (χ4n) is 2.41. The second-order valence-electron chi connectivity index (χ2n) is 5.38. The summed E-state index contributed by atoms with van der Waals surface area (Å²) in [6.07, 6.45) is 1.35. The molecule has 1 aliphatic heterocycles. The van der Waals surface area contributed by atoms with E-state index in [1.54, 1.807) is 6.92 Å². The molecule has 1 saturated heterocycles. The van der Waals surface area contributed by atoms with Gasteiger partial charge in [-0.1, -0.05) is 15.9 Å². The van der Waals surface area contributed by atoms with Crippen LogP contribution < -0.4 is 5.32 Å². The van der Waals surface area contributed by atoms with Crippen molar-refractivity contribution >= 4 is 43.6 Å². The van der Waals surface area contributed by atoms with Gasteiger partial charge >= 0.3 is 0 Å². The monoisotopic (exact) mass is 420 g/mol. The van der Waals surface area contributed by atoms with Crippen molar-refractivity contribution in [3.63, 3.8) is 0 Å². The van der Waals surface area contributed by atoms with Crippen LogP contribution in [0.2, 0.25) is 0 Å². The smallest absolute Gasteiger partial charge is 0.230 e. The first kappa shape index (κ1) is 18.8. The average molecular weight is 421 g/mol. The molecule has 2 rings (SSSR count). The first-order valence-corrected chi connectivity index (χ1v) is 10.9. The van der Waals surface area contributed by atoms with Gasteiger partial charge in [0.1, 0.15) is 0 Å². The predicted molar refractivity (Wildman–Crippen MR) is 97.1 cm³/mol. The molecule has 0 radical (unpaired) electrons. The number of halogens is 1. The van der Waals surface area contributed by atoms with E-state index in [4.69, 9.17) is 0 Å². The Morgan fingerprint density at radius 3 is 2.48 bits per heavy atom. The molecule has 8 heteroatoms. The Labute approximate surface area is 150 Å². The largest absolute Gasteiger partial charge is 0.353 e. The zero-order valence-corrected chi connectivity index (χ0v) is 16.2. The molecule has 1 N–H and O–H groups in total. The molecular formula is C15H21BrN2O3S2. The predicted octanol–water partition coefficient (Wildman–Crippen LogP) is 2.47. The van der Waals surface area contributed by atoms with E-state index in [9.17, 15) is 13.2 Å². The summed E-state index contributed by atoms with van der Waals surface area (Å²) in [6, 6.07) is 7.90. The van der Waals surface area contributed by atoms with Crippen LogP contribution in [0.1, 0.15) is 19.8 Å². The number of piperidine rings is 1. The minimum atomic E-state index is -3.11. The van der Waals surface area contributed by atoms with Gasteiger partial charge in [-0.2, -0.15) is 0 Å². The maximum absolute atomic E-state index is 12.0. The van der Waals surface area contributed by atoms with Crippen LogP contribution in [0.15, 0.2) is 33.6 Å². The molecule has 1 amide bonds. The van der Waals surface area contributed by atoms with E-state index in [0.29, 0.717) is 31.7 Å². The van der Waals surface area contributed by atoms with E-state index in [0.717, 1.165) is 9.37 Å². The van der Waals surface area contributed by atoms with Crippen molar-refractivity contribution in [3.8, 4) is 0 Å². The molecule has 1 aliphatic rings. The number of thioether (sulfide) groups is 1. The summed E-state index contributed by atoms with van der Waals surface area (Å²) in [4.78, 5) is 13.1. The molecule has 1 heterocycles. The van der Waals surface area contributed by atoms with Crippen LogP contribution in [0.4, 0.5) is 0 Å². The zero-order chi connectivity index (χ0) is 16.9. The summed E-state index contributed by atoms with van der Waals surface area (Å²) in [5, 5.41) is 3.00. The molecule has 5 nitrogen and oxygen atoms in total. The van der Waals surface area contributed by atoms with Crippen molar-refractivity contribution in [3.05, 3.63) is 28.7 Å². The maximum atomic E-state index is 12.0. The summed E-state index contributed by atoms with van der Waals surface area (Å²) in [6.45, 7) is 2.63. The Morgan fingerprint density at radius 1 is 1.30 bits per heavy atom. The van der Waals surface area contributed by atoms with Crippen molar-refractivity contribution in [1.82, 2.24) is 9.62 Å². The van der Waals surface area contributed by atoms with E-state index in [2.05, 4.69) is 21.2 Å². The second-order valence-corrected chi connectivity index (χ2v) is 9.61. The summed E-state index contributed by atoms with van der Waals surface area (Å²) >= 11 is 4.87. The quantitative estimate of drug-likeness (QED) is 0.717. The van der Waals surface area contributed by atoms with Crippen LogP contribution in [0.25, 0.3) is 0 Å². The highest BCUT2D eigenvalue weighted by Crippen LogP contribution is 2.21. The van der Waals surface area contributed by atoms with E-state index in [1.807, 2.05) is 24.3 Å². The number of hydrogen-bond donors (Lipinski definition) is 1. The Hall–Kier alpha value is -0.570. The van der Waals surface area contributed by atoms with Gasteiger partial charge in [0.25, 0.3) is 0 Å². The summed E-state index contributed by atoms with van der Waals surface area (Å²) in [7, 11) is -3.11. The topological polar surface area (TPSA) is 66.5 Å². The van der Waals surface area contributed by atoms with E-state index >= 15 is 0 Å². The second kappa shape index (κ2) is 8.50. The summed E-state index contributed by atoms with van der Waals surface area (Å²) < 4.78 is 26.1. The van der Waals surface area contributed by atoms with Crippen molar-refractivity contribution in [2.45, 2.75) is 30.7 Å². The van der Waals surface area contributed by atoms with Gasteiger partial charge in [0.05, 0.1) is 11.5 Å². The van der Waals surface area contributed by atoms with Crippen molar-refractivity contribution in [2.24, 2.45) is 0 Å². The fraction of sp³-hybridized carbons (Fsp3) is 0.533. The number of nitrogens with one attached hydrogen (secondary N) is 1. The number of benzene rings is 1. The van der Waals surface area contributed by atoms with E-state index < -0.39 is 10.0 Å². The molecule has 1 fully saturated rings. The third kappa shape index (κ3) is 5.77. The number of nitrogens with zero attached hydrogens (tertiary/aromatic N) is 1. The first-order valence-electron chi connectivity index (χ1n) is 7.56. The van der Waals surface area contributed by atoms with Crippen LogP contribution in [-0.4, -0.2) is 49.3 Å². The van der Waals surface area contributed by atoms with Crippen LogP contribution in [-0.2, 0) is 14.8 Å². The minimum absolute atomic E-state index is 0.00489. The number of rotatable bonds is 6. The third-order valence-electron chi connectivity index (χ3n) is 3.76. The van der Waals surface area contributed by atoms with Gasteiger partial charge in [0.15, 0.2) is 0 Å². The fourth-order valence-corrected chi connectivity index (χ4v) is 4.52. The van der Waals surface area contributed by atoms with Gasteiger partial charge in [0.2, 0.25) is 15.9 Å². The maximum Gasteiger partial charge on any atom is 0.230 e. The standard InChI is InChI=1S/C15H21BrN2O3S2/c1-2-23(20,21)18-9-7-13(8-10-18)17-15(19)11-22-14-5-3-12(16)4-6-14/h3-6,13H,2,7-11H2,1H3,(H,17,19). The molecule has 0 saturated carbocycles. The molecular weight excluding hydrogens is 400 g/mol. The average Bonchev–Trinajstić information content (AvgIpc) is 2.55. The van der Waals surface area contributed by atoms with Gasteiger partial charge < -0.3 is 5.32 Å². The van der Waals surface area contributed by atoms with Gasteiger partial charge in [-0.15, -0.1) is 11.8 Å². The molecule has 128 valence electrons. The van der Waals surface area contributed by atoms with Gasteiger partial charge in [-0.3, -0.25) is 4.79 Å². The Kier molecular flexibility index (Phi) is 6.94. The van der Waals surface area contributed by atoms with Crippen LogP contribution in [0.5, 0.6) is 0 Å². The Balaban J connectivity index is 1.73. The normalized spacial score (nSPS) is 17.1. The molecule has 0 unspecified atom stereocenters. The van der Waals surface area contributed by atoms with Crippen molar-refractivity contribution in [2.75, 3.05) is 24.6 Å². The van der Waals surface area contributed by atoms with Gasteiger partial charge in [-0.05, 0) is 44.0 Å². The lowest BCUT2D eigenvalue weighted by atomic mass is 10.1. The Bertz CT molecular complexity index is 627. The van der Waals surface area contributed by atoms with Crippen molar-refractivity contribution < 1.29 is 13.2 Å². The SMILES string of the molecule is CCS(=O)(=O)N1CCC(NC(=O)CSc2ccc(Br)cc2)CC1. The van der Waals surface area contributed by atoms with Gasteiger partial charge in [-0.25, -0.2) is 12.7 Å². The van der Waals surface area contributed by atoms with E-state index in [1.165, 1.54) is 16.1 Å². The number of amides is 1. The molecule has 0 spiro atoms. The highest BCUT2D eigenvalue weighted by atomic mass is 79.9. The highest BCUT2D eigenvalue weighted by Gasteiger charge is 2.27. The lowest BCUT2D eigenvalue weighted by Crippen LogP contribution is -2.47. The highest BCUT2D eigenvalue weighted by molar-refractivity contribution is 9.10. The van der Waals surface area contributed by atoms with Crippen LogP contribution in [0, 0.1) is 0 Å². The molecule has 0 bridgehead atoms. The van der Waals surface area contributed by atoms with E-state index in [-0.39, 0.29) is 17.7 Å². The zero-order valence-electron chi connectivity index (χ0n) is 13.0. The molecule has 0 atom stereocenters. The number of hydrogen-bond acceptors (Lipinski definition) is 4. The lowest BCUT2D eigenvalue weighted by molar-refractivity contribution is -0.119. The molecule has 23 heavy (non-hydrogen) atoms. The minimum Gasteiger partial charge on any atom is -0.353 e. The molecule has 1 aromatic rings. The molecule has 1 aromatic carbocycles. The number of sulfonamides is 1. The first-order chi connectivity index (χ1) is 10.9.